The lowest BCUT2D eigenvalue weighted by atomic mass is 10.4. The Labute approximate surface area is 73.8 Å². The molecular weight excluding hydrogens is 152 g/mol. The van der Waals surface area contributed by atoms with Crippen LogP contribution >= 0.6 is 0 Å². The van der Waals surface area contributed by atoms with E-state index in [2.05, 4.69) is 31.0 Å². The summed E-state index contributed by atoms with van der Waals surface area (Å²) in [5, 5.41) is 3.52. The highest BCUT2D eigenvalue weighted by Crippen LogP contribution is 1.86. The van der Waals surface area contributed by atoms with Crippen molar-refractivity contribution in [3.8, 4) is 0 Å². The van der Waals surface area contributed by atoms with Crippen LogP contribution in [-0.2, 0) is 0 Å². The molecule has 0 aromatic carbocycles. The third-order valence-corrected chi connectivity index (χ3v) is 3.39. The van der Waals surface area contributed by atoms with Crippen molar-refractivity contribution in [2.24, 2.45) is 0 Å². The lowest BCUT2D eigenvalue weighted by Gasteiger charge is -2.21. The first-order chi connectivity index (χ1) is 5.24. The van der Waals surface area contributed by atoms with Crippen molar-refractivity contribution >= 4 is 10.2 Å². The molecule has 0 aliphatic rings. The second kappa shape index (κ2) is 6.82. The van der Waals surface area contributed by atoms with E-state index in [0.29, 0.717) is 0 Å². The first-order valence-electron chi connectivity index (χ1n) is 4.70. The largest absolute Gasteiger partial charge is 0.305 e. The van der Waals surface area contributed by atoms with Gasteiger partial charge in [0.1, 0.15) is 0 Å². The minimum absolute atomic E-state index is 0.788. The molecule has 0 amide bonds. The van der Waals surface area contributed by atoms with Crippen molar-refractivity contribution in [3.63, 3.8) is 0 Å². The lowest BCUT2D eigenvalue weighted by Crippen LogP contribution is -2.39. The van der Waals surface area contributed by atoms with Gasteiger partial charge in [0.15, 0.2) is 0 Å². The lowest BCUT2D eigenvalue weighted by molar-refractivity contribution is 0.274. The van der Waals surface area contributed by atoms with Gasteiger partial charge in [-0.05, 0) is 25.2 Å². The van der Waals surface area contributed by atoms with Crippen molar-refractivity contribution in [2.75, 3.05) is 19.8 Å². The summed E-state index contributed by atoms with van der Waals surface area (Å²) in [6.45, 7) is 10.0. The van der Waals surface area contributed by atoms with E-state index in [9.17, 15) is 0 Å². The zero-order valence-electron chi connectivity index (χ0n) is 8.35. The third-order valence-electron chi connectivity index (χ3n) is 2.17. The zero-order chi connectivity index (χ0) is 8.69. The summed E-state index contributed by atoms with van der Waals surface area (Å²) in [5.41, 5.74) is 0.788. The molecule has 0 aromatic rings. The summed E-state index contributed by atoms with van der Waals surface area (Å²) < 4.78 is 0. The first-order valence-corrected chi connectivity index (χ1v) is 5.85. The number of hydrogen-bond donors (Lipinski definition) is 1. The molecule has 0 rings (SSSR count). The maximum atomic E-state index is 3.52. The summed E-state index contributed by atoms with van der Waals surface area (Å²) in [5.74, 6) is 0. The van der Waals surface area contributed by atoms with Crippen LogP contribution in [-0.4, -0.2) is 40.6 Å². The molecule has 1 unspecified atom stereocenters. The van der Waals surface area contributed by atoms with Crippen LogP contribution in [0, 0.1) is 0 Å². The summed E-state index contributed by atoms with van der Waals surface area (Å²) >= 11 is 0. The Bertz CT molecular complexity index is 84.2. The van der Waals surface area contributed by atoms with Gasteiger partial charge in [0.2, 0.25) is 0 Å². The fraction of sp³-hybridized carbons (Fsp3) is 1.00. The fourth-order valence-electron chi connectivity index (χ4n) is 0.876. The minimum atomic E-state index is 0.788. The van der Waals surface area contributed by atoms with E-state index < -0.39 is 0 Å². The van der Waals surface area contributed by atoms with Crippen LogP contribution in [0.4, 0.5) is 0 Å². The molecule has 1 N–H and O–H groups in total. The molecule has 3 heteroatoms. The average molecular weight is 174 g/mol. The van der Waals surface area contributed by atoms with Gasteiger partial charge in [0.25, 0.3) is 0 Å². The Morgan fingerprint density at radius 3 is 2.18 bits per heavy atom. The van der Waals surface area contributed by atoms with Gasteiger partial charge in [-0.15, -0.1) is 0 Å². The van der Waals surface area contributed by atoms with Crippen molar-refractivity contribution in [2.45, 2.75) is 32.9 Å². The van der Waals surface area contributed by atoms with Crippen LogP contribution in [0.1, 0.15) is 27.2 Å². The fourth-order valence-corrected chi connectivity index (χ4v) is 1.06. The molecule has 68 valence electrons. The van der Waals surface area contributed by atoms with Crippen molar-refractivity contribution in [1.29, 1.82) is 0 Å². The van der Waals surface area contributed by atoms with Gasteiger partial charge < -0.3 is 5.32 Å². The predicted octanol–water partition coefficient (Wildman–Crippen LogP) is -0.0232. The molecule has 0 aliphatic heterocycles. The highest BCUT2D eigenvalue weighted by atomic mass is 28.1. The Hall–Kier alpha value is 0.137. The topological polar surface area (TPSA) is 15.3 Å². The molecule has 11 heavy (non-hydrogen) atoms. The number of rotatable bonds is 6. The number of nitrogens with one attached hydrogen (secondary N) is 1. The Morgan fingerprint density at radius 1 is 1.27 bits per heavy atom. The molecule has 1 atom stereocenters. The van der Waals surface area contributed by atoms with Gasteiger partial charge in [-0.1, -0.05) is 20.8 Å². The van der Waals surface area contributed by atoms with E-state index in [4.69, 9.17) is 0 Å². The molecule has 0 radical (unpaired) electrons. The Kier molecular flexibility index (Phi) is 6.91. The SMILES string of the molecule is CCC([SiH3])NCN(CC)CC. The van der Waals surface area contributed by atoms with E-state index in [1.165, 1.54) is 16.7 Å². The van der Waals surface area contributed by atoms with E-state index in [0.717, 1.165) is 25.4 Å². The highest BCUT2D eigenvalue weighted by Gasteiger charge is 2.00. The molecule has 0 saturated carbocycles. The van der Waals surface area contributed by atoms with Crippen LogP contribution in [0.2, 0.25) is 0 Å². The number of nitrogens with zero attached hydrogens (tertiary/aromatic N) is 1. The van der Waals surface area contributed by atoms with Crippen LogP contribution in [0.5, 0.6) is 0 Å². The number of hydrogen-bond acceptors (Lipinski definition) is 2. The summed E-state index contributed by atoms with van der Waals surface area (Å²) in [4.78, 5) is 2.40. The zero-order valence-corrected chi connectivity index (χ0v) is 10.4. The van der Waals surface area contributed by atoms with E-state index in [1.807, 2.05) is 0 Å². The molecule has 0 spiro atoms. The maximum absolute atomic E-state index is 3.52. The van der Waals surface area contributed by atoms with E-state index >= 15 is 0 Å². The smallest absolute Gasteiger partial charge is 0.0479 e. The second-order valence-corrected chi connectivity index (χ2v) is 4.37. The van der Waals surface area contributed by atoms with Crippen LogP contribution in [0.15, 0.2) is 0 Å². The monoisotopic (exact) mass is 174 g/mol. The molecule has 2 nitrogen and oxygen atoms in total. The quantitative estimate of drug-likeness (QED) is 0.450. The van der Waals surface area contributed by atoms with Gasteiger partial charge in [0.05, 0.1) is 0 Å². The molecular formula is C8H22N2Si. The van der Waals surface area contributed by atoms with Gasteiger partial charge in [-0.25, -0.2) is 0 Å². The molecule has 0 saturated heterocycles. The standard InChI is InChI=1S/C8H22N2Si/c1-4-8(11)9-7-10(5-2)6-3/h8-9H,4-7H2,1-3,11H3. The van der Waals surface area contributed by atoms with Crippen molar-refractivity contribution in [3.05, 3.63) is 0 Å². The molecule has 0 heterocycles. The average Bonchev–Trinajstić information content (AvgIpc) is 2.06. The Balaban J connectivity index is 3.34. The van der Waals surface area contributed by atoms with Gasteiger partial charge in [0, 0.05) is 16.9 Å². The predicted molar refractivity (Wildman–Crippen MR) is 54.9 cm³/mol. The van der Waals surface area contributed by atoms with Crippen LogP contribution in [0.3, 0.4) is 0 Å². The van der Waals surface area contributed by atoms with Gasteiger partial charge in [-0.2, -0.15) is 0 Å². The van der Waals surface area contributed by atoms with Gasteiger partial charge >= 0.3 is 0 Å². The van der Waals surface area contributed by atoms with Gasteiger partial charge in [-0.3, -0.25) is 4.90 Å². The van der Waals surface area contributed by atoms with Crippen LogP contribution < -0.4 is 5.32 Å². The maximum Gasteiger partial charge on any atom is 0.0479 e. The van der Waals surface area contributed by atoms with Crippen LogP contribution in [0.25, 0.3) is 0 Å². The third kappa shape index (κ3) is 5.41. The summed E-state index contributed by atoms with van der Waals surface area (Å²) in [7, 11) is 1.26. The minimum Gasteiger partial charge on any atom is -0.305 e. The highest BCUT2D eigenvalue weighted by molar-refractivity contribution is 6.11. The summed E-state index contributed by atoms with van der Waals surface area (Å²) in [6.07, 6.45) is 1.27. The molecule has 0 aromatic heterocycles. The van der Waals surface area contributed by atoms with E-state index in [-0.39, 0.29) is 0 Å². The normalized spacial score (nSPS) is 14.2. The Morgan fingerprint density at radius 2 is 1.82 bits per heavy atom. The first kappa shape index (κ1) is 11.1. The van der Waals surface area contributed by atoms with Crippen molar-refractivity contribution in [1.82, 2.24) is 10.2 Å². The summed E-state index contributed by atoms with van der Waals surface area (Å²) in [6, 6.07) is 0. The van der Waals surface area contributed by atoms with Crippen molar-refractivity contribution < 1.29 is 0 Å². The molecule has 0 aliphatic carbocycles. The molecule has 0 fully saturated rings. The molecule has 0 bridgehead atoms. The second-order valence-electron chi connectivity index (χ2n) is 2.97. The van der Waals surface area contributed by atoms with E-state index in [1.54, 1.807) is 0 Å².